The van der Waals surface area contributed by atoms with Gasteiger partial charge in [0, 0.05) is 23.6 Å². The Morgan fingerprint density at radius 2 is 2.05 bits per heavy atom. The summed E-state index contributed by atoms with van der Waals surface area (Å²) in [4.78, 5) is 8.35. The first-order chi connectivity index (χ1) is 9.58. The van der Waals surface area contributed by atoms with E-state index in [1.54, 1.807) is 6.07 Å². The van der Waals surface area contributed by atoms with Gasteiger partial charge in [-0.1, -0.05) is 18.7 Å². The standard InChI is InChI=1S/C13H14F2N4S/c1-2-5-17-11-7-12(19-13(16)18-11)20-10-4-3-8(14)6-9(10)15/h3-4,6-7H,2,5H2,1H3,(H3,16,17,18,19). The lowest BCUT2D eigenvalue weighted by Gasteiger charge is -2.07. The van der Waals surface area contributed by atoms with Crippen LogP contribution in [-0.4, -0.2) is 16.5 Å². The van der Waals surface area contributed by atoms with Crippen molar-refractivity contribution in [2.24, 2.45) is 0 Å². The molecule has 3 N–H and O–H groups in total. The lowest BCUT2D eigenvalue weighted by Crippen LogP contribution is -2.05. The molecule has 2 aromatic rings. The number of nitrogens with zero attached hydrogens (tertiary/aromatic N) is 2. The van der Waals surface area contributed by atoms with Gasteiger partial charge in [-0.25, -0.2) is 13.8 Å². The van der Waals surface area contributed by atoms with Gasteiger partial charge < -0.3 is 11.1 Å². The molecule has 0 radical (unpaired) electrons. The molecule has 0 aliphatic carbocycles. The second-order valence-electron chi connectivity index (χ2n) is 4.05. The molecule has 7 heteroatoms. The molecule has 0 atom stereocenters. The van der Waals surface area contributed by atoms with Gasteiger partial charge >= 0.3 is 0 Å². The van der Waals surface area contributed by atoms with E-state index < -0.39 is 11.6 Å². The van der Waals surface area contributed by atoms with Crippen molar-refractivity contribution in [1.29, 1.82) is 0 Å². The summed E-state index contributed by atoms with van der Waals surface area (Å²) in [5.41, 5.74) is 5.62. The van der Waals surface area contributed by atoms with Crippen LogP contribution in [0.1, 0.15) is 13.3 Å². The smallest absolute Gasteiger partial charge is 0.223 e. The molecule has 1 heterocycles. The number of hydrogen-bond donors (Lipinski definition) is 2. The van der Waals surface area contributed by atoms with Crippen molar-refractivity contribution in [1.82, 2.24) is 9.97 Å². The van der Waals surface area contributed by atoms with Crippen molar-refractivity contribution < 1.29 is 8.78 Å². The van der Waals surface area contributed by atoms with Crippen molar-refractivity contribution in [3.05, 3.63) is 35.9 Å². The number of hydrogen-bond acceptors (Lipinski definition) is 5. The summed E-state index contributed by atoms with van der Waals surface area (Å²) in [7, 11) is 0. The van der Waals surface area contributed by atoms with Gasteiger partial charge in [-0.2, -0.15) is 4.98 Å². The molecule has 0 fully saturated rings. The van der Waals surface area contributed by atoms with Crippen LogP contribution >= 0.6 is 11.8 Å². The second kappa shape index (κ2) is 6.51. The van der Waals surface area contributed by atoms with Gasteiger partial charge in [0.25, 0.3) is 0 Å². The quantitative estimate of drug-likeness (QED) is 0.829. The lowest BCUT2D eigenvalue weighted by molar-refractivity contribution is 0.565. The van der Waals surface area contributed by atoms with E-state index in [1.165, 1.54) is 12.1 Å². The number of halogens is 2. The number of benzene rings is 1. The van der Waals surface area contributed by atoms with Gasteiger partial charge in [0.2, 0.25) is 5.95 Å². The molecule has 1 aromatic carbocycles. The first-order valence-corrected chi connectivity index (χ1v) is 6.91. The van der Waals surface area contributed by atoms with E-state index in [0.29, 0.717) is 10.8 Å². The first kappa shape index (κ1) is 14.5. The summed E-state index contributed by atoms with van der Waals surface area (Å²) in [6.07, 6.45) is 0.943. The molecule has 0 unspecified atom stereocenters. The Morgan fingerprint density at radius 3 is 2.75 bits per heavy atom. The van der Waals surface area contributed by atoms with Crippen LogP contribution in [0, 0.1) is 11.6 Å². The maximum absolute atomic E-state index is 13.6. The minimum atomic E-state index is -0.629. The maximum Gasteiger partial charge on any atom is 0.223 e. The van der Waals surface area contributed by atoms with Gasteiger partial charge in [0.05, 0.1) is 0 Å². The monoisotopic (exact) mass is 296 g/mol. The SMILES string of the molecule is CCCNc1cc(Sc2ccc(F)cc2F)nc(N)n1. The summed E-state index contributed by atoms with van der Waals surface area (Å²) in [6, 6.07) is 5.08. The van der Waals surface area contributed by atoms with Crippen LogP contribution in [-0.2, 0) is 0 Å². The predicted octanol–water partition coefficient (Wildman–Crippen LogP) is 3.31. The number of nitrogen functional groups attached to an aromatic ring is 1. The lowest BCUT2D eigenvalue weighted by atomic mass is 10.3. The average molecular weight is 296 g/mol. The minimum Gasteiger partial charge on any atom is -0.370 e. The summed E-state index contributed by atoms with van der Waals surface area (Å²) in [6.45, 7) is 2.78. The average Bonchev–Trinajstić information content (AvgIpc) is 2.39. The fraction of sp³-hybridized carbons (Fsp3) is 0.231. The third kappa shape index (κ3) is 3.80. The molecule has 0 aliphatic heterocycles. The molecule has 0 aliphatic rings. The third-order valence-corrected chi connectivity index (χ3v) is 3.35. The summed E-state index contributed by atoms with van der Waals surface area (Å²) in [5.74, 6) is -0.546. The van der Waals surface area contributed by atoms with Crippen molar-refractivity contribution in [3.63, 3.8) is 0 Å². The summed E-state index contributed by atoms with van der Waals surface area (Å²) < 4.78 is 26.4. The highest BCUT2D eigenvalue weighted by Crippen LogP contribution is 2.30. The van der Waals surface area contributed by atoms with Gasteiger partial charge in [0.1, 0.15) is 22.5 Å². The Morgan fingerprint density at radius 1 is 1.25 bits per heavy atom. The molecule has 1 aromatic heterocycles. The number of nitrogens with two attached hydrogens (primary N) is 1. The number of anilines is 2. The van der Waals surface area contributed by atoms with Crippen LogP contribution in [0.5, 0.6) is 0 Å². The molecule has 0 spiro atoms. The molecule has 2 rings (SSSR count). The fourth-order valence-electron chi connectivity index (χ4n) is 1.51. The third-order valence-electron chi connectivity index (χ3n) is 2.38. The van der Waals surface area contributed by atoms with E-state index in [0.717, 1.165) is 30.8 Å². The highest BCUT2D eigenvalue weighted by molar-refractivity contribution is 7.99. The zero-order valence-corrected chi connectivity index (χ0v) is 11.7. The van der Waals surface area contributed by atoms with Crippen LogP contribution in [0.25, 0.3) is 0 Å². The van der Waals surface area contributed by atoms with Gasteiger partial charge in [-0.05, 0) is 18.6 Å². The highest BCUT2D eigenvalue weighted by Gasteiger charge is 2.09. The number of aromatic nitrogens is 2. The van der Waals surface area contributed by atoms with Crippen LogP contribution in [0.3, 0.4) is 0 Å². The molecule has 0 amide bonds. The van der Waals surface area contributed by atoms with Crippen molar-refractivity contribution >= 4 is 23.5 Å². The highest BCUT2D eigenvalue weighted by atomic mass is 32.2. The minimum absolute atomic E-state index is 0.108. The molecule has 106 valence electrons. The largest absolute Gasteiger partial charge is 0.370 e. The van der Waals surface area contributed by atoms with E-state index in [4.69, 9.17) is 5.73 Å². The molecule has 20 heavy (non-hydrogen) atoms. The summed E-state index contributed by atoms with van der Waals surface area (Å²) in [5, 5.41) is 3.59. The Kier molecular flexibility index (Phi) is 4.73. The number of nitrogens with one attached hydrogen (secondary N) is 1. The number of rotatable bonds is 5. The van der Waals surface area contributed by atoms with Crippen LogP contribution in [0.15, 0.2) is 34.2 Å². The van der Waals surface area contributed by atoms with Crippen LogP contribution < -0.4 is 11.1 Å². The van der Waals surface area contributed by atoms with Gasteiger partial charge in [0.15, 0.2) is 0 Å². The Hall–Kier alpha value is -1.89. The van der Waals surface area contributed by atoms with Gasteiger partial charge in [-0.15, -0.1) is 0 Å². The van der Waals surface area contributed by atoms with Crippen molar-refractivity contribution in [2.75, 3.05) is 17.6 Å². The predicted molar refractivity (Wildman–Crippen MR) is 75.7 cm³/mol. The van der Waals surface area contributed by atoms with E-state index >= 15 is 0 Å². The molecular weight excluding hydrogens is 282 g/mol. The van der Waals surface area contributed by atoms with Crippen LogP contribution in [0.4, 0.5) is 20.5 Å². The van der Waals surface area contributed by atoms with E-state index in [9.17, 15) is 8.78 Å². The second-order valence-corrected chi connectivity index (χ2v) is 5.12. The van der Waals surface area contributed by atoms with Crippen molar-refractivity contribution in [3.8, 4) is 0 Å². The molecule has 0 saturated carbocycles. The zero-order chi connectivity index (χ0) is 14.5. The molecular formula is C13H14F2N4S. The fourth-order valence-corrected chi connectivity index (χ4v) is 2.34. The Balaban J connectivity index is 2.21. The summed E-state index contributed by atoms with van der Waals surface area (Å²) >= 11 is 1.07. The van der Waals surface area contributed by atoms with Gasteiger partial charge in [-0.3, -0.25) is 0 Å². The zero-order valence-electron chi connectivity index (χ0n) is 10.9. The normalized spacial score (nSPS) is 10.6. The first-order valence-electron chi connectivity index (χ1n) is 6.10. The molecule has 4 nitrogen and oxygen atoms in total. The van der Waals surface area contributed by atoms with E-state index in [1.807, 2.05) is 6.92 Å². The topological polar surface area (TPSA) is 63.8 Å². The molecule has 0 bridgehead atoms. The Labute approximate surface area is 119 Å². The molecule has 0 saturated heterocycles. The Bertz CT molecular complexity index is 607. The van der Waals surface area contributed by atoms with Crippen LogP contribution in [0.2, 0.25) is 0 Å². The van der Waals surface area contributed by atoms with E-state index in [-0.39, 0.29) is 10.8 Å². The van der Waals surface area contributed by atoms with E-state index in [2.05, 4.69) is 15.3 Å². The van der Waals surface area contributed by atoms with Crippen molar-refractivity contribution in [2.45, 2.75) is 23.3 Å². The maximum atomic E-state index is 13.6.